The topological polar surface area (TPSA) is 62.7 Å². The third kappa shape index (κ3) is 4.40. The van der Waals surface area contributed by atoms with Crippen LogP contribution in [-0.2, 0) is 13.1 Å². The summed E-state index contributed by atoms with van der Waals surface area (Å²) in [6.07, 6.45) is 1.59. The third-order valence-electron chi connectivity index (χ3n) is 3.27. The minimum absolute atomic E-state index is 0.484. The number of halogens is 1. The summed E-state index contributed by atoms with van der Waals surface area (Å²) in [7, 11) is 0. The molecule has 2 N–H and O–H groups in total. The third-order valence-corrected chi connectivity index (χ3v) is 3.64. The fourth-order valence-electron chi connectivity index (χ4n) is 2.07. The molecule has 0 atom stereocenters. The Morgan fingerprint density at radius 2 is 1.65 bits per heavy atom. The van der Waals surface area contributed by atoms with Crippen LogP contribution in [0.5, 0.6) is 0 Å². The van der Waals surface area contributed by atoms with Gasteiger partial charge in [0.2, 0.25) is 5.95 Å². The molecule has 0 aliphatic heterocycles. The van der Waals surface area contributed by atoms with Crippen LogP contribution in [0.3, 0.4) is 0 Å². The lowest BCUT2D eigenvalue weighted by Gasteiger charge is -2.08. The fraction of sp³-hybridized carbons (Fsp3) is 0.118. The lowest BCUT2D eigenvalue weighted by molar-refractivity contribution is 0.937. The van der Waals surface area contributed by atoms with E-state index >= 15 is 0 Å². The molecule has 0 saturated heterocycles. The van der Waals surface area contributed by atoms with Crippen LogP contribution in [0.2, 0.25) is 5.02 Å². The van der Waals surface area contributed by atoms with Crippen molar-refractivity contribution in [3.05, 3.63) is 76.9 Å². The van der Waals surface area contributed by atoms with E-state index in [9.17, 15) is 0 Å². The highest BCUT2D eigenvalue weighted by atomic mass is 35.5. The number of nitrogens with one attached hydrogen (secondary N) is 2. The number of aromatic nitrogens is 3. The lowest BCUT2D eigenvalue weighted by atomic mass is 10.2. The van der Waals surface area contributed by atoms with Gasteiger partial charge < -0.3 is 10.6 Å². The molecule has 0 bridgehead atoms. The Bertz CT molecular complexity index is 764. The molecule has 1 heterocycles. The largest absolute Gasteiger partial charge is 0.364 e. The van der Waals surface area contributed by atoms with Crippen molar-refractivity contribution in [3.8, 4) is 0 Å². The first kappa shape index (κ1) is 15.2. The van der Waals surface area contributed by atoms with Gasteiger partial charge in [-0.2, -0.15) is 10.1 Å². The molecule has 3 rings (SSSR count). The number of benzene rings is 2. The van der Waals surface area contributed by atoms with E-state index in [1.54, 1.807) is 6.20 Å². The smallest absolute Gasteiger partial charge is 0.244 e. The van der Waals surface area contributed by atoms with E-state index in [1.807, 2.05) is 54.6 Å². The van der Waals surface area contributed by atoms with E-state index in [1.165, 1.54) is 0 Å². The number of hydrogen-bond donors (Lipinski definition) is 2. The predicted octanol–water partition coefficient (Wildman–Crippen LogP) is 3.75. The first-order valence-corrected chi connectivity index (χ1v) is 7.64. The maximum absolute atomic E-state index is 6.14. The lowest BCUT2D eigenvalue weighted by Crippen LogP contribution is -2.08. The normalized spacial score (nSPS) is 10.3. The van der Waals surface area contributed by atoms with Crippen LogP contribution < -0.4 is 10.6 Å². The summed E-state index contributed by atoms with van der Waals surface area (Å²) in [5.41, 5.74) is 2.16. The van der Waals surface area contributed by atoms with Crippen LogP contribution >= 0.6 is 11.6 Å². The van der Waals surface area contributed by atoms with Gasteiger partial charge in [0.25, 0.3) is 0 Å². The molecule has 1 aromatic heterocycles. The first-order valence-electron chi connectivity index (χ1n) is 7.26. The van der Waals surface area contributed by atoms with Gasteiger partial charge in [-0.3, -0.25) is 0 Å². The molecule has 0 spiro atoms. The fourth-order valence-corrected chi connectivity index (χ4v) is 2.27. The van der Waals surface area contributed by atoms with E-state index in [-0.39, 0.29) is 0 Å². The molecule has 0 fully saturated rings. The molecular formula is C17H16ClN5. The van der Waals surface area contributed by atoms with Gasteiger partial charge in [0.15, 0.2) is 5.82 Å². The highest BCUT2D eigenvalue weighted by Crippen LogP contribution is 2.16. The van der Waals surface area contributed by atoms with Gasteiger partial charge in [-0.05, 0) is 17.2 Å². The highest BCUT2D eigenvalue weighted by molar-refractivity contribution is 6.31. The molecule has 0 aliphatic rings. The maximum Gasteiger partial charge on any atom is 0.244 e. The molecule has 0 unspecified atom stereocenters. The van der Waals surface area contributed by atoms with Crippen molar-refractivity contribution in [3.63, 3.8) is 0 Å². The minimum Gasteiger partial charge on any atom is -0.364 e. The van der Waals surface area contributed by atoms with Crippen LogP contribution in [0.4, 0.5) is 11.8 Å². The molecule has 2 aromatic carbocycles. The number of nitrogens with zero attached hydrogens (tertiary/aromatic N) is 3. The zero-order chi connectivity index (χ0) is 15.9. The van der Waals surface area contributed by atoms with E-state index in [4.69, 9.17) is 11.6 Å². The number of rotatable bonds is 6. The maximum atomic E-state index is 6.14. The Balaban J connectivity index is 1.60. The SMILES string of the molecule is Clc1ccccc1CNc1cnnc(NCc2ccccc2)n1. The van der Waals surface area contributed by atoms with Crippen LogP contribution in [0.1, 0.15) is 11.1 Å². The summed E-state index contributed by atoms with van der Waals surface area (Å²) in [6.45, 7) is 1.23. The Morgan fingerprint density at radius 1 is 0.870 bits per heavy atom. The predicted molar refractivity (Wildman–Crippen MR) is 92.4 cm³/mol. The summed E-state index contributed by atoms with van der Waals surface area (Å²) in [6, 6.07) is 17.8. The molecule has 6 heteroatoms. The van der Waals surface area contributed by atoms with Crippen molar-refractivity contribution in [1.82, 2.24) is 15.2 Å². The zero-order valence-corrected chi connectivity index (χ0v) is 13.2. The molecular weight excluding hydrogens is 310 g/mol. The average molecular weight is 326 g/mol. The summed E-state index contributed by atoms with van der Waals surface area (Å²) in [4.78, 5) is 4.39. The van der Waals surface area contributed by atoms with Crippen LogP contribution in [0.25, 0.3) is 0 Å². The van der Waals surface area contributed by atoms with Crippen molar-refractivity contribution < 1.29 is 0 Å². The molecule has 5 nitrogen and oxygen atoms in total. The van der Waals surface area contributed by atoms with E-state index < -0.39 is 0 Å². The summed E-state index contributed by atoms with van der Waals surface area (Å²) < 4.78 is 0. The second-order valence-corrected chi connectivity index (χ2v) is 5.36. The minimum atomic E-state index is 0.484. The first-order chi connectivity index (χ1) is 11.3. The summed E-state index contributed by atoms with van der Waals surface area (Å²) in [5.74, 6) is 1.13. The van der Waals surface area contributed by atoms with E-state index in [0.29, 0.717) is 24.9 Å². The second-order valence-electron chi connectivity index (χ2n) is 4.95. The van der Waals surface area contributed by atoms with Gasteiger partial charge in [-0.25, -0.2) is 0 Å². The molecule has 0 radical (unpaired) electrons. The molecule has 116 valence electrons. The van der Waals surface area contributed by atoms with Gasteiger partial charge >= 0.3 is 0 Å². The van der Waals surface area contributed by atoms with Crippen molar-refractivity contribution in [2.24, 2.45) is 0 Å². The van der Waals surface area contributed by atoms with E-state index in [0.717, 1.165) is 16.1 Å². The van der Waals surface area contributed by atoms with Crippen LogP contribution in [-0.4, -0.2) is 15.2 Å². The summed E-state index contributed by atoms with van der Waals surface area (Å²) in [5, 5.41) is 15.0. The van der Waals surface area contributed by atoms with Gasteiger partial charge in [-0.15, -0.1) is 5.10 Å². The molecule has 23 heavy (non-hydrogen) atoms. The van der Waals surface area contributed by atoms with Crippen LogP contribution in [0, 0.1) is 0 Å². The second kappa shape index (κ2) is 7.56. The van der Waals surface area contributed by atoms with Gasteiger partial charge in [0.1, 0.15) is 0 Å². The zero-order valence-electron chi connectivity index (χ0n) is 12.4. The van der Waals surface area contributed by atoms with Gasteiger partial charge in [0.05, 0.1) is 6.20 Å². The Kier molecular flexibility index (Phi) is 5.01. The molecule has 0 amide bonds. The average Bonchev–Trinajstić information content (AvgIpc) is 2.61. The Labute approximate surface area is 139 Å². The Morgan fingerprint density at radius 3 is 2.48 bits per heavy atom. The summed E-state index contributed by atoms with van der Waals surface area (Å²) >= 11 is 6.14. The quantitative estimate of drug-likeness (QED) is 0.722. The number of hydrogen-bond acceptors (Lipinski definition) is 5. The van der Waals surface area contributed by atoms with Gasteiger partial charge in [0, 0.05) is 18.1 Å². The van der Waals surface area contributed by atoms with Crippen molar-refractivity contribution in [2.75, 3.05) is 10.6 Å². The van der Waals surface area contributed by atoms with Gasteiger partial charge in [-0.1, -0.05) is 60.1 Å². The number of anilines is 2. The Hall–Kier alpha value is -2.66. The van der Waals surface area contributed by atoms with Crippen molar-refractivity contribution >= 4 is 23.4 Å². The van der Waals surface area contributed by atoms with E-state index in [2.05, 4.69) is 25.8 Å². The van der Waals surface area contributed by atoms with Crippen molar-refractivity contribution in [1.29, 1.82) is 0 Å². The van der Waals surface area contributed by atoms with Crippen molar-refractivity contribution in [2.45, 2.75) is 13.1 Å². The highest BCUT2D eigenvalue weighted by Gasteiger charge is 2.02. The molecule has 3 aromatic rings. The standard InChI is InChI=1S/C17H16ClN5/c18-15-9-5-4-8-14(15)11-19-16-12-21-23-17(22-16)20-10-13-6-2-1-3-7-13/h1-9,12H,10-11H2,(H2,19,20,22,23). The monoisotopic (exact) mass is 325 g/mol. The van der Waals surface area contributed by atoms with Crippen LogP contribution in [0.15, 0.2) is 60.8 Å². The molecule has 0 aliphatic carbocycles. The molecule has 0 saturated carbocycles.